The fourth-order valence-corrected chi connectivity index (χ4v) is 1.52. The summed E-state index contributed by atoms with van der Waals surface area (Å²) in [5, 5.41) is 11.7. The van der Waals surface area contributed by atoms with Gasteiger partial charge in [0.15, 0.2) is 11.5 Å². The normalized spacial score (nSPS) is 11.8. The van der Waals surface area contributed by atoms with Crippen LogP contribution in [-0.2, 0) is 0 Å². The Kier molecular flexibility index (Phi) is 6.15. The summed E-state index contributed by atoms with van der Waals surface area (Å²) in [6, 6.07) is 5.04. The van der Waals surface area contributed by atoms with Gasteiger partial charge in [0.2, 0.25) is 0 Å². The fourth-order valence-electron chi connectivity index (χ4n) is 1.52. The van der Waals surface area contributed by atoms with Gasteiger partial charge in [0.1, 0.15) is 0 Å². The Labute approximate surface area is 113 Å². The molecule has 1 aromatic rings. The minimum Gasteiger partial charge on any atom is -0.493 e. The van der Waals surface area contributed by atoms with Crippen molar-refractivity contribution in [3.63, 3.8) is 0 Å². The van der Waals surface area contributed by atoms with E-state index < -0.39 is 0 Å². The molecule has 106 valence electrons. The highest BCUT2D eigenvalue weighted by Crippen LogP contribution is 2.27. The minimum absolute atomic E-state index is 0.0357. The molecule has 0 spiro atoms. The van der Waals surface area contributed by atoms with Gasteiger partial charge in [0, 0.05) is 18.7 Å². The van der Waals surface area contributed by atoms with Gasteiger partial charge in [-0.1, -0.05) is 6.92 Å². The summed E-state index contributed by atoms with van der Waals surface area (Å²) in [5.74, 6) is 0.993. The molecule has 0 radical (unpaired) electrons. The molecule has 1 atom stereocenters. The Morgan fingerprint density at radius 3 is 2.74 bits per heavy atom. The molecule has 1 aromatic carbocycles. The van der Waals surface area contributed by atoms with E-state index in [1.54, 1.807) is 25.3 Å². The van der Waals surface area contributed by atoms with E-state index in [-0.39, 0.29) is 18.4 Å². The van der Waals surface area contributed by atoms with Crippen molar-refractivity contribution in [3.05, 3.63) is 23.8 Å². The number of ether oxygens (including phenoxy) is 2. The van der Waals surface area contributed by atoms with Crippen LogP contribution in [0.5, 0.6) is 11.5 Å². The third-order valence-electron chi connectivity index (χ3n) is 2.65. The maximum absolute atomic E-state index is 11.9. The zero-order valence-electron chi connectivity index (χ0n) is 11.6. The van der Waals surface area contributed by atoms with Gasteiger partial charge >= 0.3 is 0 Å². The van der Waals surface area contributed by atoms with E-state index in [0.717, 1.165) is 0 Å². The van der Waals surface area contributed by atoms with Crippen molar-refractivity contribution in [2.24, 2.45) is 5.92 Å². The predicted octanol–water partition coefficient (Wildman–Crippen LogP) is 1.45. The molecule has 0 aliphatic rings. The SMILES string of the molecule is CCOc1cc(C(=O)NCC(C)CO)ccc1OC. The third-order valence-corrected chi connectivity index (χ3v) is 2.65. The first kappa shape index (κ1) is 15.3. The summed E-state index contributed by atoms with van der Waals surface area (Å²) in [7, 11) is 1.56. The Morgan fingerprint density at radius 1 is 1.42 bits per heavy atom. The molecule has 19 heavy (non-hydrogen) atoms. The van der Waals surface area contributed by atoms with Crippen LogP contribution < -0.4 is 14.8 Å². The van der Waals surface area contributed by atoms with Crippen LogP contribution in [-0.4, -0.2) is 37.9 Å². The molecular weight excluding hydrogens is 246 g/mol. The van der Waals surface area contributed by atoms with Crippen molar-refractivity contribution in [1.82, 2.24) is 5.32 Å². The van der Waals surface area contributed by atoms with Crippen molar-refractivity contribution >= 4 is 5.91 Å². The maximum atomic E-state index is 11.9. The topological polar surface area (TPSA) is 67.8 Å². The molecule has 2 N–H and O–H groups in total. The first-order chi connectivity index (χ1) is 9.12. The lowest BCUT2D eigenvalue weighted by Gasteiger charge is -2.12. The molecule has 1 amide bonds. The second-order valence-corrected chi connectivity index (χ2v) is 4.30. The molecule has 0 saturated carbocycles. The van der Waals surface area contributed by atoms with Gasteiger partial charge in [-0.15, -0.1) is 0 Å². The van der Waals surface area contributed by atoms with Crippen molar-refractivity contribution in [2.45, 2.75) is 13.8 Å². The van der Waals surface area contributed by atoms with Crippen molar-refractivity contribution in [2.75, 3.05) is 26.9 Å². The Bertz CT molecular complexity index is 420. The fraction of sp³-hybridized carbons (Fsp3) is 0.500. The van der Waals surface area contributed by atoms with Gasteiger partial charge in [0.25, 0.3) is 5.91 Å². The summed E-state index contributed by atoms with van der Waals surface area (Å²) in [6.45, 7) is 4.72. The van der Waals surface area contributed by atoms with E-state index in [9.17, 15) is 4.79 Å². The summed E-state index contributed by atoms with van der Waals surface area (Å²) in [5.41, 5.74) is 0.509. The van der Waals surface area contributed by atoms with Crippen molar-refractivity contribution < 1.29 is 19.4 Å². The lowest BCUT2D eigenvalue weighted by atomic mass is 10.1. The second kappa shape index (κ2) is 7.63. The van der Waals surface area contributed by atoms with E-state index >= 15 is 0 Å². The summed E-state index contributed by atoms with van der Waals surface area (Å²) in [6.07, 6.45) is 0. The van der Waals surface area contributed by atoms with E-state index in [0.29, 0.717) is 30.2 Å². The zero-order valence-corrected chi connectivity index (χ0v) is 11.6. The number of methoxy groups -OCH3 is 1. The van der Waals surface area contributed by atoms with E-state index in [1.807, 2.05) is 13.8 Å². The Balaban J connectivity index is 2.77. The molecule has 0 bridgehead atoms. The third kappa shape index (κ3) is 4.44. The zero-order chi connectivity index (χ0) is 14.3. The smallest absolute Gasteiger partial charge is 0.251 e. The van der Waals surface area contributed by atoms with Gasteiger partial charge in [-0.3, -0.25) is 4.79 Å². The van der Waals surface area contributed by atoms with Gasteiger partial charge in [0.05, 0.1) is 13.7 Å². The number of rotatable bonds is 7. The summed E-state index contributed by atoms with van der Waals surface area (Å²) >= 11 is 0. The average Bonchev–Trinajstić information content (AvgIpc) is 2.44. The van der Waals surface area contributed by atoms with Crippen LogP contribution in [0.15, 0.2) is 18.2 Å². The van der Waals surface area contributed by atoms with Crippen LogP contribution in [0.1, 0.15) is 24.2 Å². The van der Waals surface area contributed by atoms with Crippen LogP contribution in [0.4, 0.5) is 0 Å². The van der Waals surface area contributed by atoms with Crippen LogP contribution >= 0.6 is 0 Å². The molecule has 0 fully saturated rings. The van der Waals surface area contributed by atoms with Gasteiger partial charge in [-0.05, 0) is 31.0 Å². The molecule has 5 nitrogen and oxygen atoms in total. The number of hydrogen-bond donors (Lipinski definition) is 2. The number of carbonyl (C=O) groups excluding carboxylic acids is 1. The lowest BCUT2D eigenvalue weighted by Crippen LogP contribution is -2.29. The van der Waals surface area contributed by atoms with Crippen LogP contribution in [0.2, 0.25) is 0 Å². The number of carbonyl (C=O) groups is 1. The predicted molar refractivity (Wildman–Crippen MR) is 72.7 cm³/mol. The maximum Gasteiger partial charge on any atom is 0.251 e. The van der Waals surface area contributed by atoms with Crippen LogP contribution in [0.3, 0.4) is 0 Å². The number of aliphatic hydroxyl groups excluding tert-OH is 1. The standard InChI is InChI=1S/C14H21NO4/c1-4-19-13-7-11(5-6-12(13)18-3)14(17)15-8-10(2)9-16/h5-7,10,16H,4,8-9H2,1-3H3,(H,15,17). The number of hydrogen-bond acceptors (Lipinski definition) is 4. The molecular formula is C14H21NO4. The van der Waals surface area contributed by atoms with Crippen molar-refractivity contribution in [3.8, 4) is 11.5 Å². The van der Waals surface area contributed by atoms with Crippen LogP contribution in [0.25, 0.3) is 0 Å². The Morgan fingerprint density at radius 2 is 2.16 bits per heavy atom. The second-order valence-electron chi connectivity index (χ2n) is 4.30. The molecule has 0 aliphatic carbocycles. The molecule has 0 heterocycles. The van der Waals surface area contributed by atoms with E-state index in [4.69, 9.17) is 14.6 Å². The monoisotopic (exact) mass is 267 g/mol. The highest BCUT2D eigenvalue weighted by Gasteiger charge is 2.11. The minimum atomic E-state index is -0.191. The van der Waals surface area contributed by atoms with E-state index in [2.05, 4.69) is 5.32 Å². The Hall–Kier alpha value is -1.75. The van der Waals surface area contributed by atoms with E-state index in [1.165, 1.54) is 0 Å². The number of aliphatic hydroxyl groups is 1. The first-order valence-corrected chi connectivity index (χ1v) is 6.32. The van der Waals surface area contributed by atoms with Gasteiger partial charge in [-0.2, -0.15) is 0 Å². The summed E-state index contributed by atoms with van der Waals surface area (Å²) in [4.78, 5) is 11.9. The molecule has 0 aliphatic heterocycles. The summed E-state index contributed by atoms with van der Waals surface area (Å²) < 4.78 is 10.6. The number of nitrogens with one attached hydrogen (secondary N) is 1. The molecule has 1 unspecified atom stereocenters. The quantitative estimate of drug-likeness (QED) is 0.784. The largest absolute Gasteiger partial charge is 0.493 e. The lowest BCUT2D eigenvalue weighted by molar-refractivity contribution is 0.0942. The molecule has 5 heteroatoms. The highest BCUT2D eigenvalue weighted by atomic mass is 16.5. The molecule has 0 saturated heterocycles. The number of benzene rings is 1. The molecule has 1 rings (SSSR count). The van der Waals surface area contributed by atoms with Crippen molar-refractivity contribution in [1.29, 1.82) is 0 Å². The van der Waals surface area contributed by atoms with Crippen LogP contribution in [0, 0.1) is 5.92 Å². The van der Waals surface area contributed by atoms with Gasteiger partial charge in [-0.25, -0.2) is 0 Å². The number of amides is 1. The molecule has 0 aromatic heterocycles. The average molecular weight is 267 g/mol. The van der Waals surface area contributed by atoms with Gasteiger partial charge < -0.3 is 19.9 Å². The highest BCUT2D eigenvalue weighted by molar-refractivity contribution is 5.94. The first-order valence-electron chi connectivity index (χ1n) is 6.32.